The number of hydrogen-bond donors (Lipinski definition) is 2. The monoisotopic (exact) mass is 354 g/mol. The highest BCUT2D eigenvalue weighted by molar-refractivity contribution is 5.95. The molecular formula is C21H23FN2O2. The predicted octanol–water partition coefficient (Wildman–Crippen LogP) is 4.45. The van der Waals surface area contributed by atoms with Gasteiger partial charge < -0.3 is 10.6 Å². The zero-order valence-corrected chi connectivity index (χ0v) is 14.8. The molecule has 1 aliphatic carbocycles. The molecule has 5 heteroatoms. The van der Waals surface area contributed by atoms with Gasteiger partial charge in [-0.15, -0.1) is 0 Å². The summed E-state index contributed by atoms with van der Waals surface area (Å²) >= 11 is 0. The van der Waals surface area contributed by atoms with Crippen LogP contribution in [0, 0.1) is 11.7 Å². The summed E-state index contributed by atoms with van der Waals surface area (Å²) in [6.07, 6.45) is 4.43. The predicted molar refractivity (Wildman–Crippen MR) is 99.3 cm³/mol. The van der Waals surface area contributed by atoms with Gasteiger partial charge in [0.1, 0.15) is 5.82 Å². The van der Waals surface area contributed by atoms with Crippen molar-refractivity contribution < 1.29 is 14.0 Å². The molecule has 0 bridgehead atoms. The molecule has 2 amide bonds. The molecule has 0 aromatic heterocycles. The smallest absolute Gasteiger partial charge is 0.251 e. The second-order valence-electron chi connectivity index (χ2n) is 6.81. The average Bonchev–Trinajstić information content (AvgIpc) is 3.15. The Morgan fingerprint density at radius 2 is 1.62 bits per heavy atom. The van der Waals surface area contributed by atoms with Gasteiger partial charge in [0.25, 0.3) is 5.91 Å². The number of benzene rings is 2. The Kier molecular flexibility index (Phi) is 5.66. The van der Waals surface area contributed by atoms with E-state index in [4.69, 9.17) is 0 Å². The Morgan fingerprint density at radius 3 is 2.19 bits per heavy atom. The number of halogens is 1. The lowest BCUT2D eigenvalue weighted by atomic mass is 9.91. The van der Waals surface area contributed by atoms with Crippen LogP contribution in [0.15, 0.2) is 48.5 Å². The van der Waals surface area contributed by atoms with Crippen LogP contribution in [0.4, 0.5) is 10.1 Å². The van der Waals surface area contributed by atoms with Gasteiger partial charge in [-0.1, -0.05) is 25.0 Å². The van der Waals surface area contributed by atoms with Crippen LogP contribution in [-0.4, -0.2) is 11.8 Å². The fourth-order valence-electron chi connectivity index (χ4n) is 3.57. The van der Waals surface area contributed by atoms with Gasteiger partial charge in [-0.25, -0.2) is 4.39 Å². The molecule has 1 saturated carbocycles. The van der Waals surface area contributed by atoms with Crippen LogP contribution >= 0.6 is 0 Å². The van der Waals surface area contributed by atoms with Crippen LogP contribution in [0.5, 0.6) is 0 Å². The molecule has 136 valence electrons. The summed E-state index contributed by atoms with van der Waals surface area (Å²) in [5.41, 5.74) is 2.12. The molecule has 3 rings (SSSR count). The van der Waals surface area contributed by atoms with E-state index < -0.39 is 0 Å². The minimum absolute atomic E-state index is 0.124. The molecule has 2 aromatic rings. The summed E-state index contributed by atoms with van der Waals surface area (Å²) in [5.74, 6) is -0.234. The molecule has 1 unspecified atom stereocenters. The maximum Gasteiger partial charge on any atom is 0.251 e. The molecular weight excluding hydrogens is 331 g/mol. The summed E-state index contributed by atoms with van der Waals surface area (Å²) in [5, 5.41) is 5.80. The fourth-order valence-corrected chi connectivity index (χ4v) is 3.57. The third-order valence-corrected chi connectivity index (χ3v) is 4.85. The molecule has 2 N–H and O–H groups in total. The van der Waals surface area contributed by atoms with Crippen molar-refractivity contribution in [1.82, 2.24) is 5.32 Å². The van der Waals surface area contributed by atoms with Crippen molar-refractivity contribution in [3.8, 4) is 0 Å². The van der Waals surface area contributed by atoms with Crippen molar-refractivity contribution >= 4 is 17.5 Å². The second kappa shape index (κ2) is 8.13. The van der Waals surface area contributed by atoms with E-state index in [9.17, 15) is 14.0 Å². The largest absolute Gasteiger partial charge is 0.345 e. The Labute approximate surface area is 152 Å². The van der Waals surface area contributed by atoms with E-state index >= 15 is 0 Å². The third kappa shape index (κ3) is 4.48. The summed E-state index contributed by atoms with van der Waals surface area (Å²) in [7, 11) is 0. The lowest BCUT2D eigenvalue weighted by molar-refractivity contribution is -0.114. The van der Waals surface area contributed by atoms with Gasteiger partial charge in [0.2, 0.25) is 5.91 Å². The van der Waals surface area contributed by atoms with Gasteiger partial charge >= 0.3 is 0 Å². The van der Waals surface area contributed by atoms with E-state index in [-0.39, 0.29) is 23.7 Å². The summed E-state index contributed by atoms with van der Waals surface area (Å²) in [6.45, 7) is 1.44. The standard InChI is InChI=1S/C21H23FN2O2/c1-14(25)23-19-12-8-17(9-13-19)21(26)24-20(15-4-2-3-5-15)16-6-10-18(22)11-7-16/h6-13,15,20H,2-5H2,1H3,(H,23,25)(H,24,26). The van der Waals surface area contributed by atoms with Crippen LogP contribution in [-0.2, 0) is 4.79 Å². The minimum atomic E-state index is -0.279. The Hall–Kier alpha value is -2.69. The van der Waals surface area contributed by atoms with Crippen molar-refractivity contribution in [3.63, 3.8) is 0 Å². The van der Waals surface area contributed by atoms with Gasteiger partial charge in [0.05, 0.1) is 6.04 Å². The van der Waals surface area contributed by atoms with Crippen molar-refractivity contribution in [2.24, 2.45) is 5.92 Å². The first-order valence-electron chi connectivity index (χ1n) is 8.97. The number of carbonyl (C=O) groups excluding carboxylic acids is 2. The normalized spacial score (nSPS) is 15.5. The molecule has 0 radical (unpaired) electrons. The average molecular weight is 354 g/mol. The lowest BCUT2D eigenvalue weighted by Crippen LogP contribution is -2.32. The Balaban J connectivity index is 1.76. The summed E-state index contributed by atoms with van der Waals surface area (Å²) in [4.78, 5) is 23.8. The Bertz CT molecular complexity index is 766. The van der Waals surface area contributed by atoms with Gasteiger partial charge in [-0.3, -0.25) is 9.59 Å². The first kappa shape index (κ1) is 18.1. The van der Waals surface area contributed by atoms with Crippen molar-refractivity contribution in [2.45, 2.75) is 38.6 Å². The molecule has 1 aliphatic rings. The highest BCUT2D eigenvalue weighted by Gasteiger charge is 2.28. The lowest BCUT2D eigenvalue weighted by Gasteiger charge is -2.25. The number of hydrogen-bond acceptors (Lipinski definition) is 2. The number of nitrogens with one attached hydrogen (secondary N) is 2. The molecule has 0 saturated heterocycles. The fraction of sp³-hybridized carbons (Fsp3) is 0.333. The van der Waals surface area contributed by atoms with E-state index in [1.807, 2.05) is 0 Å². The molecule has 0 spiro atoms. The third-order valence-electron chi connectivity index (χ3n) is 4.85. The van der Waals surface area contributed by atoms with Gasteiger partial charge in [-0.2, -0.15) is 0 Å². The maximum atomic E-state index is 13.3. The molecule has 4 nitrogen and oxygen atoms in total. The number of carbonyl (C=O) groups is 2. The first-order chi connectivity index (χ1) is 12.5. The molecule has 2 aromatic carbocycles. The van der Waals surface area contributed by atoms with Gasteiger partial charge in [-0.05, 0) is 60.7 Å². The van der Waals surface area contributed by atoms with Crippen molar-refractivity contribution in [3.05, 3.63) is 65.5 Å². The zero-order valence-electron chi connectivity index (χ0n) is 14.8. The van der Waals surface area contributed by atoms with Crippen molar-refractivity contribution in [1.29, 1.82) is 0 Å². The summed E-state index contributed by atoms with van der Waals surface area (Å²) in [6, 6.07) is 13.0. The molecule has 26 heavy (non-hydrogen) atoms. The Morgan fingerprint density at radius 1 is 1.00 bits per heavy atom. The SMILES string of the molecule is CC(=O)Nc1ccc(C(=O)NC(c2ccc(F)cc2)C2CCCC2)cc1. The van der Waals surface area contributed by atoms with Crippen LogP contribution in [0.2, 0.25) is 0 Å². The van der Waals surface area contributed by atoms with Crippen LogP contribution < -0.4 is 10.6 Å². The van der Waals surface area contributed by atoms with E-state index in [1.165, 1.54) is 19.1 Å². The van der Waals surface area contributed by atoms with Crippen LogP contribution in [0.25, 0.3) is 0 Å². The second-order valence-corrected chi connectivity index (χ2v) is 6.81. The highest BCUT2D eigenvalue weighted by atomic mass is 19.1. The summed E-state index contributed by atoms with van der Waals surface area (Å²) < 4.78 is 13.3. The van der Waals surface area contributed by atoms with E-state index in [1.54, 1.807) is 36.4 Å². The number of rotatable bonds is 5. The molecule has 1 atom stereocenters. The zero-order chi connectivity index (χ0) is 18.5. The van der Waals surface area contributed by atoms with Crippen LogP contribution in [0.1, 0.15) is 54.6 Å². The van der Waals surface area contributed by atoms with Crippen LogP contribution in [0.3, 0.4) is 0 Å². The van der Waals surface area contributed by atoms with E-state index in [0.29, 0.717) is 17.2 Å². The number of anilines is 1. The first-order valence-corrected chi connectivity index (χ1v) is 8.97. The topological polar surface area (TPSA) is 58.2 Å². The molecule has 0 heterocycles. The molecule has 1 fully saturated rings. The minimum Gasteiger partial charge on any atom is -0.345 e. The van der Waals surface area contributed by atoms with Gasteiger partial charge in [0.15, 0.2) is 0 Å². The number of amides is 2. The quantitative estimate of drug-likeness (QED) is 0.834. The molecule has 0 aliphatic heterocycles. The van der Waals surface area contributed by atoms with Gasteiger partial charge in [0, 0.05) is 18.2 Å². The van der Waals surface area contributed by atoms with E-state index in [2.05, 4.69) is 10.6 Å². The highest BCUT2D eigenvalue weighted by Crippen LogP contribution is 2.36. The van der Waals surface area contributed by atoms with E-state index in [0.717, 1.165) is 31.2 Å². The van der Waals surface area contributed by atoms with Crippen molar-refractivity contribution in [2.75, 3.05) is 5.32 Å². The maximum absolute atomic E-state index is 13.3.